The van der Waals surface area contributed by atoms with Crippen molar-refractivity contribution in [3.8, 4) is 0 Å². The number of rotatable bonds is 2. The van der Waals surface area contributed by atoms with E-state index >= 15 is 0 Å². The molecule has 8 heteroatoms. The highest BCUT2D eigenvalue weighted by Gasteiger charge is 2.30. The van der Waals surface area contributed by atoms with Crippen LogP contribution in [0.2, 0.25) is 5.02 Å². The van der Waals surface area contributed by atoms with E-state index in [1.165, 1.54) is 12.1 Å². The Balaban J connectivity index is 0.00000176. The van der Waals surface area contributed by atoms with Gasteiger partial charge in [0, 0.05) is 10.7 Å². The van der Waals surface area contributed by atoms with Crippen LogP contribution in [0.4, 0.5) is 24.8 Å². The fourth-order valence-corrected chi connectivity index (χ4v) is 2.12. The van der Waals surface area contributed by atoms with Crippen molar-refractivity contribution in [3.05, 3.63) is 53.1 Å². The second kappa shape index (κ2) is 6.06. The van der Waals surface area contributed by atoms with Crippen LogP contribution in [0, 0.1) is 0 Å². The normalized spacial score (nSPS) is 11.3. The minimum atomic E-state index is -4.38. The van der Waals surface area contributed by atoms with Crippen molar-refractivity contribution in [1.82, 2.24) is 9.97 Å². The number of hydrogen-bond acceptors (Lipinski definition) is 2. The van der Waals surface area contributed by atoms with Crippen LogP contribution in [0.5, 0.6) is 0 Å². The average molecular weight is 348 g/mol. The van der Waals surface area contributed by atoms with Gasteiger partial charge in [-0.2, -0.15) is 13.2 Å². The Morgan fingerprint density at radius 3 is 2.59 bits per heavy atom. The third kappa shape index (κ3) is 3.45. The molecular weight excluding hydrogens is 338 g/mol. The molecule has 3 nitrogen and oxygen atoms in total. The molecule has 0 fully saturated rings. The number of fused-ring (bicyclic) bond motifs is 1. The van der Waals surface area contributed by atoms with E-state index in [1.807, 2.05) is 0 Å². The molecule has 0 spiro atoms. The lowest BCUT2D eigenvalue weighted by molar-refractivity contribution is -0.137. The third-order valence-electron chi connectivity index (χ3n) is 2.90. The van der Waals surface area contributed by atoms with E-state index in [1.54, 1.807) is 18.2 Å². The van der Waals surface area contributed by atoms with Gasteiger partial charge >= 0.3 is 6.18 Å². The smallest absolute Gasteiger partial charge is 0.326 e. The number of alkyl halides is 3. The highest BCUT2D eigenvalue weighted by molar-refractivity contribution is 6.31. The van der Waals surface area contributed by atoms with E-state index in [0.29, 0.717) is 27.7 Å². The number of H-pyrrole nitrogens is 1. The number of nitrogens with one attached hydrogen (secondary N) is 2. The predicted octanol–water partition coefficient (Wildman–Crippen LogP) is 5.40. The van der Waals surface area contributed by atoms with Gasteiger partial charge in [-0.15, -0.1) is 12.4 Å². The van der Waals surface area contributed by atoms with Gasteiger partial charge in [0.05, 0.1) is 16.6 Å². The predicted molar refractivity (Wildman–Crippen MR) is 83.1 cm³/mol. The minimum absolute atomic E-state index is 0. The summed E-state index contributed by atoms with van der Waals surface area (Å²) in [6.45, 7) is 0. The quantitative estimate of drug-likeness (QED) is 0.651. The van der Waals surface area contributed by atoms with Crippen molar-refractivity contribution in [2.75, 3.05) is 5.32 Å². The number of anilines is 2. The molecule has 0 amide bonds. The molecule has 0 atom stereocenters. The first-order valence-electron chi connectivity index (χ1n) is 6.01. The van der Waals surface area contributed by atoms with Crippen LogP contribution in [-0.4, -0.2) is 9.97 Å². The van der Waals surface area contributed by atoms with Crippen molar-refractivity contribution in [1.29, 1.82) is 0 Å². The zero-order chi connectivity index (χ0) is 15.0. The van der Waals surface area contributed by atoms with Gasteiger partial charge in [-0.05, 0) is 36.4 Å². The molecule has 3 rings (SSSR count). The van der Waals surface area contributed by atoms with E-state index < -0.39 is 11.7 Å². The van der Waals surface area contributed by atoms with Crippen molar-refractivity contribution < 1.29 is 13.2 Å². The van der Waals surface area contributed by atoms with Gasteiger partial charge < -0.3 is 10.3 Å². The van der Waals surface area contributed by atoms with E-state index in [-0.39, 0.29) is 12.4 Å². The van der Waals surface area contributed by atoms with Crippen LogP contribution in [0.3, 0.4) is 0 Å². The Hall–Kier alpha value is -1.92. The summed E-state index contributed by atoms with van der Waals surface area (Å²) in [4.78, 5) is 7.19. The van der Waals surface area contributed by atoms with Crippen LogP contribution >= 0.6 is 24.0 Å². The largest absolute Gasteiger partial charge is 0.416 e. The molecule has 3 aromatic rings. The maximum Gasteiger partial charge on any atom is 0.416 e. The molecule has 0 unspecified atom stereocenters. The van der Waals surface area contributed by atoms with Gasteiger partial charge in [0.25, 0.3) is 0 Å². The highest BCUT2D eigenvalue weighted by atomic mass is 35.5. The van der Waals surface area contributed by atoms with Crippen LogP contribution in [0.15, 0.2) is 42.5 Å². The molecule has 1 aromatic heterocycles. The monoisotopic (exact) mass is 347 g/mol. The standard InChI is InChI=1S/C14H9ClF3N3.ClH/c15-9-4-5-11-12(7-9)21-13(20-11)19-10-3-1-2-8(6-10)14(16,17)18;/h1-7H,(H2,19,20,21);1H. The van der Waals surface area contributed by atoms with Gasteiger partial charge in [0.1, 0.15) is 0 Å². The molecule has 0 saturated carbocycles. The molecule has 0 aliphatic rings. The van der Waals surface area contributed by atoms with Gasteiger partial charge in [0.15, 0.2) is 0 Å². The van der Waals surface area contributed by atoms with Crippen molar-refractivity contribution in [2.24, 2.45) is 0 Å². The lowest BCUT2D eigenvalue weighted by Crippen LogP contribution is -2.05. The molecule has 1 heterocycles. The first kappa shape index (κ1) is 16.5. The molecule has 2 aromatic carbocycles. The maximum atomic E-state index is 12.7. The summed E-state index contributed by atoms with van der Waals surface area (Å²) in [5.74, 6) is 0.353. The summed E-state index contributed by atoms with van der Waals surface area (Å²) >= 11 is 5.87. The number of benzene rings is 2. The Morgan fingerprint density at radius 2 is 1.86 bits per heavy atom. The summed E-state index contributed by atoms with van der Waals surface area (Å²) in [6.07, 6.45) is -4.38. The van der Waals surface area contributed by atoms with Gasteiger partial charge in [-0.3, -0.25) is 0 Å². The zero-order valence-corrected chi connectivity index (χ0v) is 12.5. The minimum Gasteiger partial charge on any atom is -0.326 e. The second-order valence-electron chi connectivity index (χ2n) is 4.45. The van der Waals surface area contributed by atoms with E-state index in [0.717, 1.165) is 12.1 Å². The van der Waals surface area contributed by atoms with Crippen molar-refractivity contribution >= 4 is 46.7 Å². The van der Waals surface area contributed by atoms with E-state index in [9.17, 15) is 13.2 Å². The highest BCUT2D eigenvalue weighted by Crippen LogP contribution is 2.31. The third-order valence-corrected chi connectivity index (χ3v) is 3.13. The molecule has 0 aliphatic heterocycles. The molecule has 116 valence electrons. The lowest BCUT2D eigenvalue weighted by atomic mass is 10.2. The average Bonchev–Trinajstić information content (AvgIpc) is 2.79. The zero-order valence-electron chi connectivity index (χ0n) is 10.9. The fourth-order valence-electron chi connectivity index (χ4n) is 1.95. The van der Waals surface area contributed by atoms with Gasteiger partial charge in [-0.1, -0.05) is 17.7 Å². The summed E-state index contributed by atoms with van der Waals surface area (Å²) in [6, 6.07) is 10.0. The van der Waals surface area contributed by atoms with Crippen LogP contribution in [0.25, 0.3) is 11.0 Å². The van der Waals surface area contributed by atoms with Crippen molar-refractivity contribution in [2.45, 2.75) is 6.18 Å². The molecule has 0 saturated heterocycles. The van der Waals surface area contributed by atoms with Crippen LogP contribution < -0.4 is 5.32 Å². The summed E-state index contributed by atoms with van der Waals surface area (Å²) in [5.41, 5.74) is 0.965. The summed E-state index contributed by atoms with van der Waals surface area (Å²) in [5, 5.41) is 3.37. The molecule has 0 aliphatic carbocycles. The molecule has 22 heavy (non-hydrogen) atoms. The number of aromatic nitrogens is 2. The van der Waals surface area contributed by atoms with Gasteiger partial charge in [0.2, 0.25) is 5.95 Å². The Labute approximate surface area is 134 Å². The SMILES string of the molecule is Cl.FC(F)(F)c1cccc(Nc2nc3ccc(Cl)cc3[nH]2)c1. The topological polar surface area (TPSA) is 40.7 Å². The lowest BCUT2D eigenvalue weighted by Gasteiger charge is -2.08. The maximum absolute atomic E-state index is 12.7. The number of nitrogens with zero attached hydrogens (tertiary/aromatic N) is 1. The molecular formula is C14H10Cl2F3N3. The fraction of sp³-hybridized carbons (Fsp3) is 0.0714. The summed E-state index contributed by atoms with van der Waals surface area (Å²) < 4.78 is 38.0. The van der Waals surface area contributed by atoms with E-state index in [4.69, 9.17) is 11.6 Å². The van der Waals surface area contributed by atoms with Crippen LogP contribution in [-0.2, 0) is 6.18 Å². The first-order chi connectivity index (χ1) is 9.91. The summed E-state index contributed by atoms with van der Waals surface area (Å²) in [7, 11) is 0. The van der Waals surface area contributed by atoms with Crippen LogP contribution in [0.1, 0.15) is 5.56 Å². The number of imidazole rings is 1. The molecule has 0 radical (unpaired) electrons. The Kier molecular flexibility index (Phi) is 4.53. The number of hydrogen-bond donors (Lipinski definition) is 2. The number of halogens is 5. The first-order valence-corrected chi connectivity index (χ1v) is 6.39. The Morgan fingerprint density at radius 1 is 1.09 bits per heavy atom. The molecule has 0 bridgehead atoms. The number of aromatic amines is 1. The van der Waals surface area contributed by atoms with Crippen molar-refractivity contribution in [3.63, 3.8) is 0 Å². The Bertz CT molecular complexity index is 799. The van der Waals surface area contributed by atoms with Gasteiger partial charge in [-0.25, -0.2) is 4.98 Å². The second-order valence-corrected chi connectivity index (χ2v) is 4.89. The van der Waals surface area contributed by atoms with E-state index in [2.05, 4.69) is 15.3 Å². The molecule has 2 N–H and O–H groups in total.